The molecule has 188 valence electrons. The summed E-state index contributed by atoms with van der Waals surface area (Å²) in [6, 6.07) is 22.1. The van der Waals surface area contributed by atoms with Gasteiger partial charge in [0.15, 0.2) is 0 Å². The van der Waals surface area contributed by atoms with Gasteiger partial charge in [-0.2, -0.15) is 0 Å². The predicted molar refractivity (Wildman–Crippen MR) is 147 cm³/mol. The summed E-state index contributed by atoms with van der Waals surface area (Å²) < 4.78 is 7.78. The van der Waals surface area contributed by atoms with Gasteiger partial charge >= 0.3 is 5.97 Å². The van der Waals surface area contributed by atoms with Crippen molar-refractivity contribution in [1.29, 1.82) is 0 Å². The molecule has 0 amide bonds. The SMILES string of the molecule is CCCCCCCCCC(=O)Oc1cccc(-c2nc3c(C)cccn3c2NCc2ccccc2)c1. The average molecular weight is 484 g/mol. The fourth-order valence-electron chi connectivity index (χ4n) is 4.47. The van der Waals surface area contributed by atoms with Crippen LogP contribution in [-0.2, 0) is 11.3 Å². The van der Waals surface area contributed by atoms with E-state index in [1.54, 1.807) is 0 Å². The Morgan fingerprint density at radius 1 is 0.917 bits per heavy atom. The number of fused-ring (bicyclic) bond motifs is 1. The Hall–Kier alpha value is -3.60. The van der Waals surface area contributed by atoms with Crippen LogP contribution < -0.4 is 10.1 Å². The Morgan fingerprint density at radius 2 is 1.69 bits per heavy atom. The van der Waals surface area contributed by atoms with E-state index in [1.807, 2.05) is 54.7 Å². The summed E-state index contributed by atoms with van der Waals surface area (Å²) in [6.07, 6.45) is 10.7. The predicted octanol–water partition coefficient (Wildman–Crippen LogP) is 7.97. The van der Waals surface area contributed by atoms with E-state index < -0.39 is 0 Å². The number of nitrogens with one attached hydrogen (secondary N) is 1. The molecular weight excluding hydrogens is 446 g/mol. The third-order valence-electron chi connectivity index (χ3n) is 6.47. The topological polar surface area (TPSA) is 55.6 Å². The van der Waals surface area contributed by atoms with E-state index in [9.17, 15) is 4.79 Å². The number of pyridine rings is 1. The zero-order valence-corrected chi connectivity index (χ0v) is 21.5. The molecular formula is C31H37N3O2. The number of anilines is 1. The lowest BCUT2D eigenvalue weighted by Gasteiger charge is -2.10. The molecule has 1 N–H and O–H groups in total. The van der Waals surface area contributed by atoms with Gasteiger partial charge in [0, 0.05) is 24.7 Å². The quantitative estimate of drug-likeness (QED) is 0.119. The third-order valence-corrected chi connectivity index (χ3v) is 6.47. The lowest BCUT2D eigenvalue weighted by atomic mass is 10.1. The van der Waals surface area contributed by atoms with Crippen molar-refractivity contribution < 1.29 is 9.53 Å². The number of imidazole rings is 1. The first-order chi connectivity index (χ1) is 17.7. The summed E-state index contributed by atoms with van der Waals surface area (Å²) in [5, 5.41) is 3.58. The Bertz CT molecular complexity index is 1260. The molecule has 0 atom stereocenters. The summed E-state index contributed by atoms with van der Waals surface area (Å²) in [7, 11) is 0. The number of aromatic nitrogens is 2. The maximum absolute atomic E-state index is 12.5. The maximum Gasteiger partial charge on any atom is 0.311 e. The van der Waals surface area contributed by atoms with Crippen molar-refractivity contribution in [3.63, 3.8) is 0 Å². The molecule has 2 heterocycles. The number of hydrogen-bond donors (Lipinski definition) is 1. The van der Waals surface area contributed by atoms with Gasteiger partial charge in [0.2, 0.25) is 0 Å². The summed E-state index contributed by atoms with van der Waals surface area (Å²) >= 11 is 0. The van der Waals surface area contributed by atoms with Gasteiger partial charge in [-0.25, -0.2) is 4.98 Å². The molecule has 0 aliphatic carbocycles. The van der Waals surface area contributed by atoms with Crippen molar-refractivity contribution >= 4 is 17.4 Å². The van der Waals surface area contributed by atoms with Crippen molar-refractivity contribution in [2.45, 2.75) is 71.8 Å². The molecule has 2 aromatic heterocycles. The Balaban J connectivity index is 1.47. The Kier molecular flexibility index (Phi) is 9.15. The molecule has 0 saturated carbocycles. The highest BCUT2D eigenvalue weighted by Crippen LogP contribution is 2.32. The van der Waals surface area contributed by atoms with Crippen LogP contribution in [0, 0.1) is 6.92 Å². The van der Waals surface area contributed by atoms with Gasteiger partial charge in [-0.3, -0.25) is 9.20 Å². The molecule has 0 radical (unpaired) electrons. The van der Waals surface area contributed by atoms with Gasteiger partial charge in [-0.1, -0.05) is 94.0 Å². The third kappa shape index (κ3) is 6.75. The van der Waals surface area contributed by atoms with E-state index in [1.165, 1.54) is 37.7 Å². The minimum atomic E-state index is -0.172. The van der Waals surface area contributed by atoms with Crippen LogP contribution in [0.5, 0.6) is 5.75 Å². The monoisotopic (exact) mass is 483 g/mol. The maximum atomic E-state index is 12.5. The second-order valence-electron chi connectivity index (χ2n) is 9.41. The van der Waals surface area contributed by atoms with E-state index in [0.717, 1.165) is 41.1 Å². The van der Waals surface area contributed by atoms with Crippen molar-refractivity contribution in [1.82, 2.24) is 9.38 Å². The molecule has 0 unspecified atom stereocenters. The van der Waals surface area contributed by atoms with Crippen molar-refractivity contribution in [2.75, 3.05) is 5.32 Å². The first-order valence-corrected chi connectivity index (χ1v) is 13.2. The summed E-state index contributed by atoms with van der Waals surface area (Å²) in [4.78, 5) is 17.4. The Morgan fingerprint density at radius 3 is 2.50 bits per heavy atom. The van der Waals surface area contributed by atoms with Gasteiger partial charge in [-0.05, 0) is 42.7 Å². The first kappa shape index (κ1) is 25.5. The number of hydrogen-bond acceptors (Lipinski definition) is 4. The van der Waals surface area contributed by atoms with Crippen molar-refractivity contribution in [2.24, 2.45) is 0 Å². The number of carbonyl (C=O) groups excluding carboxylic acids is 1. The molecule has 5 nitrogen and oxygen atoms in total. The lowest BCUT2D eigenvalue weighted by Crippen LogP contribution is -2.07. The molecule has 4 aromatic rings. The molecule has 36 heavy (non-hydrogen) atoms. The Labute approximate surface area is 214 Å². The molecule has 0 saturated heterocycles. The van der Waals surface area contributed by atoms with E-state index in [-0.39, 0.29) is 5.97 Å². The summed E-state index contributed by atoms with van der Waals surface area (Å²) in [5.41, 5.74) is 4.95. The van der Waals surface area contributed by atoms with Crippen molar-refractivity contribution in [3.05, 3.63) is 84.1 Å². The van der Waals surface area contributed by atoms with E-state index in [2.05, 4.69) is 41.8 Å². The highest BCUT2D eigenvalue weighted by atomic mass is 16.5. The number of nitrogens with zero attached hydrogens (tertiary/aromatic N) is 2. The minimum Gasteiger partial charge on any atom is -0.427 e. The van der Waals surface area contributed by atoms with Gasteiger partial charge in [-0.15, -0.1) is 0 Å². The lowest BCUT2D eigenvalue weighted by molar-refractivity contribution is -0.134. The molecule has 0 fully saturated rings. The number of rotatable bonds is 13. The van der Waals surface area contributed by atoms with Gasteiger partial charge in [0.1, 0.15) is 22.9 Å². The second kappa shape index (κ2) is 12.9. The highest BCUT2D eigenvalue weighted by Gasteiger charge is 2.16. The number of benzene rings is 2. The van der Waals surface area contributed by atoms with Crippen LogP contribution in [0.2, 0.25) is 0 Å². The van der Waals surface area contributed by atoms with Crippen LogP contribution in [0.4, 0.5) is 5.82 Å². The zero-order chi connectivity index (χ0) is 25.2. The van der Waals surface area contributed by atoms with Crippen LogP contribution in [0.3, 0.4) is 0 Å². The average Bonchev–Trinajstić information content (AvgIpc) is 3.27. The zero-order valence-electron chi connectivity index (χ0n) is 21.5. The van der Waals surface area contributed by atoms with Gasteiger partial charge < -0.3 is 10.1 Å². The molecule has 5 heteroatoms. The van der Waals surface area contributed by atoms with Crippen LogP contribution in [0.1, 0.15) is 69.4 Å². The minimum absolute atomic E-state index is 0.172. The first-order valence-electron chi connectivity index (χ1n) is 13.2. The second-order valence-corrected chi connectivity index (χ2v) is 9.41. The number of esters is 1. The van der Waals surface area contributed by atoms with Crippen LogP contribution in [-0.4, -0.2) is 15.4 Å². The number of unbranched alkanes of at least 4 members (excludes halogenated alkanes) is 6. The molecule has 2 aromatic carbocycles. The van der Waals surface area contributed by atoms with Gasteiger partial charge in [0.05, 0.1) is 0 Å². The van der Waals surface area contributed by atoms with E-state index >= 15 is 0 Å². The fourth-order valence-corrected chi connectivity index (χ4v) is 4.47. The molecule has 0 aliphatic heterocycles. The normalized spacial score (nSPS) is 11.1. The van der Waals surface area contributed by atoms with Crippen LogP contribution in [0.15, 0.2) is 72.9 Å². The number of aryl methyl sites for hydroxylation is 1. The van der Waals surface area contributed by atoms with E-state index in [4.69, 9.17) is 9.72 Å². The molecule has 0 aliphatic rings. The molecule has 4 rings (SSSR count). The number of ether oxygens (including phenoxy) is 1. The largest absolute Gasteiger partial charge is 0.427 e. The van der Waals surface area contributed by atoms with Crippen molar-refractivity contribution in [3.8, 4) is 17.0 Å². The molecule has 0 spiro atoms. The van der Waals surface area contributed by atoms with Crippen LogP contribution >= 0.6 is 0 Å². The van der Waals surface area contributed by atoms with Crippen LogP contribution in [0.25, 0.3) is 16.9 Å². The smallest absolute Gasteiger partial charge is 0.311 e. The molecule has 0 bridgehead atoms. The summed E-state index contributed by atoms with van der Waals surface area (Å²) in [6.45, 7) is 4.97. The summed E-state index contributed by atoms with van der Waals surface area (Å²) in [5.74, 6) is 1.31. The fraction of sp³-hybridized carbons (Fsp3) is 0.355. The van der Waals surface area contributed by atoms with E-state index in [0.29, 0.717) is 18.7 Å². The van der Waals surface area contributed by atoms with Gasteiger partial charge in [0.25, 0.3) is 0 Å². The standard InChI is InChI=1S/C31H37N3O2/c1-3-4-5-6-7-8-12-20-28(35)36-27-19-13-18-26(22-27)29-31(32-23-25-16-10-9-11-17-25)34-21-14-15-24(2)30(34)33-29/h9-11,13-19,21-22,32H,3-8,12,20,23H2,1-2H3. The number of carbonyl (C=O) groups is 1. The highest BCUT2D eigenvalue weighted by molar-refractivity contribution is 5.79.